The summed E-state index contributed by atoms with van der Waals surface area (Å²) < 4.78 is 39.0. The highest BCUT2D eigenvalue weighted by Crippen LogP contribution is 2.44. The lowest BCUT2D eigenvalue weighted by molar-refractivity contribution is 0.368. The van der Waals surface area contributed by atoms with Gasteiger partial charge in [-0.25, -0.2) is 0 Å². The molecular weight excluding hydrogens is 346 g/mol. The maximum absolute atomic E-state index is 9.75. The van der Waals surface area contributed by atoms with Crippen LogP contribution in [0.2, 0.25) is 0 Å². The molecule has 1 atom stereocenters. The van der Waals surface area contributed by atoms with Gasteiger partial charge in [0.25, 0.3) is 0 Å². The molecule has 0 aromatic heterocycles. The van der Waals surface area contributed by atoms with Crippen LogP contribution in [0.15, 0.2) is 91.0 Å². The summed E-state index contributed by atoms with van der Waals surface area (Å²) in [5.41, 5.74) is 3.84. The van der Waals surface area contributed by atoms with E-state index >= 15 is 0 Å². The summed E-state index contributed by atoms with van der Waals surface area (Å²) in [5, 5.41) is -0.205. The Morgan fingerprint density at radius 2 is 0.720 bits per heavy atom. The Bertz CT molecular complexity index is 659. The van der Waals surface area contributed by atoms with Crippen molar-refractivity contribution in [3.63, 3.8) is 0 Å². The third-order valence-corrected chi connectivity index (χ3v) is 4.69. The molecule has 0 aliphatic rings. The zero-order valence-electron chi connectivity index (χ0n) is 13.3. The molecule has 6 heteroatoms. The molecule has 0 saturated carbocycles. The molecule has 3 aromatic rings. The molecule has 0 spiro atoms. The topological polar surface area (TPSA) is 0 Å². The minimum absolute atomic E-state index is 0.205. The maximum atomic E-state index is 9.75. The van der Waals surface area contributed by atoms with Gasteiger partial charge in [0.2, 0.25) is 0 Å². The summed E-state index contributed by atoms with van der Waals surface area (Å²) in [7, 11) is -2.94. The lowest BCUT2D eigenvalue weighted by Crippen LogP contribution is -2.21. The van der Waals surface area contributed by atoms with Crippen molar-refractivity contribution >= 4 is 16.5 Å². The van der Waals surface area contributed by atoms with Crippen LogP contribution in [0, 0.1) is 0 Å². The van der Waals surface area contributed by atoms with E-state index in [1.54, 1.807) is 0 Å². The van der Waals surface area contributed by atoms with Gasteiger partial charge in [-0.05, 0) is 16.7 Å². The fourth-order valence-electron chi connectivity index (χ4n) is 2.60. The Labute approximate surface area is 147 Å². The summed E-state index contributed by atoms with van der Waals surface area (Å²) in [6, 6.07) is 31.9. The van der Waals surface area contributed by atoms with Crippen molar-refractivity contribution in [1.82, 2.24) is 0 Å². The Kier molecular flexibility index (Phi) is 6.38. The highest BCUT2D eigenvalue weighted by atomic mass is 31.0. The summed E-state index contributed by atoms with van der Waals surface area (Å²) >= 11 is 0. The normalized spacial score (nSPS) is 11.4. The fourth-order valence-corrected chi connectivity index (χ4v) is 3.18. The van der Waals surface area contributed by atoms with Gasteiger partial charge in [-0.2, -0.15) is 0 Å². The van der Waals surface area contributed by atoms with Crippen molar-refractivity contribution in [1.29, 1.82) is 0 Å². The lowest BCUT2D eigenvalue weighted by Gasteiger charge is -2.31. The second-order valence-electron chi connectivity index (χ2n) is 5.40. The minimum Gasteiger partial charge on any atom is -0.418 e. The first-order valence-corrected chi connectivity index (χ1v) is 8.22. The average molecular weight is 363 g/mol. The molecule has 25 heavy (non-hydrogen) atoms. The third-order valence-electron chi connectivity index (χ3n) is 3.69. The second-order valence-corrected chi connectivity index (χ2v) is 6.27. The zero-order valence-corrected chi connectivity index (χ0v) is 14.5. The van der Waals surface area contributed by atoms with Gasteiger partial charge < -0.3 is 17.3 Å². The molecule has 0 saturated heterocycles. The number of halogens is 4. The van der Waals surface area contributed by atoms with Gasteiger partial charge in [-0.3, -0.25) is 0 Å². The van der Waals surface area contributed by atoms with E-state index in [1.165, 1.54) is 16.7 Å². The zero-order chi connectivity index (χ0) is 18.3. The van der Waals surface area contributed by atoms with Gasteiger partial charge in [0, 0.05) is 0 Å². The fraction of sp³-hybridized carbons (Fsp3) is 0.0526. The molecule has 0 heterocycles. The number of rotatable bonds is 3. The maximum Gasteiger partial charge on any atom is 0.673 e. The van der Waals surface area contributed by atoms with Gasteiger partial charge in [-0.1, -0.05) is 91.0 Å². The van der Waals surface area contributed by atoms with Crippen molar-refractivity contribution in [2.45, 2.75) is 5.16 Å². The SMILES string of the molecule is F[B-](F)(F)F.PC(c1ccccc1)(c1ccccc1)c1ccccc1. The van der Waals surface area contributed by atoms with Crippen LogP contribution >= 0.6 is 9.24 Å². The summed E-state index contributed by atoms with van der Waals surface area (Å²) in [5.74, 6) is 0. The first-order chi connectivity index (χ1) is 11.8. The quantitative estimate of drug-likeness (QED) is 0.227. The van der Waals surface area contributed by atoms with E-state index in [0.717, 1.165) is 0 Å². The van der Waals surface area contributed by atoms with E-state index in [9.17, 15) is 17.3 Å². The molecule has 1 unspecified atom stereocenters. The Balaban J connectivity index is 0.000000399. The first-order valence-electron chi connectivity index (χ1n) is 7.64. The summed E-state index contributed by atoms with van der Waals surface area (Å²) in [4.78, 5) is 0. The molecule has 0 nitrogen and oxygen atoms in total. The standard InChI is InChI=1S/C19H17P.BF4/c20-19(16-10-4-1-5-11-16,17-12-6-2-7-13-17)18-14-8-3-9-15-18;2-1(3,4)5/h1-15H,20H2;/q;-1. The second kappa shape index (κ2) is 8.31. The Morgan fingerprint density at radius 1 is 0.520 bits per heavy atom. The van der Waals surface area contributed by atoms with Crippen molar-refractivity contribution < 1.29 is 17.3 Å². The van der Waals surface area contributed by atoms with E-state index in [1.807, 2.05) is 0 Å². The molecule has 0 bridgehead atoms. The van der Waals surface area contributed by atoms with Crippen LogP contribution in [-0.2, 0) is 5.16 Å². The third kappa shape index (κ3) is 5.43. The highest BCUT2D eigenvalue weighted by molar-refractivity contribution is 7.19. The molecule has 3 rings (SSSR count). The molecule has 3 aromatic carbocycles. The predicted octanol–water partition coefficient (Wildman–Crippen LogP) is 6.15. The molecule has 0 fully saturated rings. The highest BCUT2D eigenvalue weighted by Gasteiger charge is 2.30. The molecule has 0 amide bonds. The molecule has 0 N–H and O–H groups in total. The molecule has 0 aliphatic carbocycles. The van der Waals surface area contributed by atoms with Crippen LogP contribution in [0.4, 0.5) is 17.3 Å². The van der Waals surface area contributed by atoms with Gasteiger partial charge in [0.1, 0.15) is 0 Å². The van der Waals surface area contributed by atoms with Gasteiger partial charge in [0.05, 0.1) is 5.16 Å². The van der Waals surface area contributed by atoms with Gasteiger partial charge >= 0.3 is 7.25 Å². The average Bonchev–Trinajstić information content (AvgIpc) is 2.62. The monoisotopic (exact) mass is 363 g/mol. The van der Waals surface area contributed by atoms with Crippen LogP contribution in [-0.4, -0.2) is 7.25 Å². The van der Waals surface area contributed by atoms with Crippen molar-refractivity contribution in [3.8, 4) is 0 Å². The van der Waals surface area contributed by atoms with Crippen molar-refractivity contribution in [3.05, 3.63) is 108 Å². The summed E-state index contributed by atoms with van der Waals surface area (Å²) in [6.07, 6.45) is 0. The first kappa shape index (κ1) is 19.2. The predicted molar refractivity (Wildman–Crippen MR) is 99.1 cm³/mol. The van der Waals surface area contributed by atoms with E-state index < -0.39 is 7.25 Å². The van der Waals surface area contributed by atoms with Crippen LogP contribution < -0.4 is 0 Å². The van der Waals surface area contributed by atoms with Crippen LogP contribution in [0.1, 0.15) is 16.7 Å². The number of benzene rings is 3. The number of hydrogen-bond acceptors (Lipinski definition) is 0. The minimum atomic E-state index is -6.00. The van der Waals surface area contributed by atoms with Gasteiger partial charge in [0.15, 0.2) is 0 Å². The Hall–Kier alpha value is -2.13. The van der Waals surface area contributed by atoms with E-state index in [4.69, 9.17) is 0 Å². The van der Waals surface area contributed by atoms with Crippen LogP contribution in [0.25, 0.3) is 0 Å². The smallest absolute Gasteiger partial charge is 0.418 e. The number of hydrogen-bond donors (Lipinski definition) is 0. The largest absolute Gasteiger partial charge is 0.673 e. The molecule has 0 aliphatic heterocycles. The van der Waals surface area contributed by atoms with E-state index in [2.05, 4.69) is 100 Å². The van der Waals surface area contributed by atoms with Gasteiger partial charge in [-0.15, -0.1) is 9.24 Å². The summed E-state index contributed by atoms with van der Waals surface area (Å²) in [6.45, 7) is 0. The van der Waals surface area contributed by atoms with E-state index in [0.29, 0.717) is 0 Å². The van der Waals surface area contributed by atoms with Crippen LogP contribution in [0.3, 0.4) is 0 Å². The van der Waals surface area contributed by atoms with Crippen molar-refractivity contribution in [2.24, 2.45) is 0 Å². The lowest BCUT2D eigenvalue weighted by atomic mass is 9.84. The molecular formula is C19H17BF4P-. The van der Waals surface area contributed by atoms with Crippen molar-refractivity contribution in [2.75, 3.05) is 0 Å². The molecule has 130 valence electrons. The van der Waals surface area contributed by atoms with E-state index in [-0.39, 0.29) is 5.16 Å². The molecule has 0 radical (unpaired) electrons. The Morgan fingerprint density at radius 3 is 0.920 bits per heavy atom. The van der Waals surface area contributed by atoms with Crippen LogP contribution in [0.5, 0.6) is 0 Å².